The Balaban J connectivity index is 1.77. The molecule has 0 radical (unpaired) electrons. The number of methoxy groups -OCH3 is 1. The Labute approximate surface area is 127 Å². The van der Waals surface area contributed by atoms with Crippen molar-refractivity contribution in [2.24, 2.45) is 5.73 Å². The minimum Gasteiger partial charge on any atom is -0.497 e. The van der Waals surface area contributed by atoms with Gasteiger partial charge in [0, 0.05) is 31.2 Å². The lowest BCUT2D eigenvalue weighted by Gasteiger charge is -2.42. The second kappa shape index (κ2) is 5.95. The van der Waals surface area contributed by atoms with Crippen molar-refractivity contribution in [1.82, 2.24) is 9.80 Å². The van der Waals surface area contributed by atoms with Crippen LogP contribution in [0.15, 0.2) is 24.3 Å². The van der Waals surface area contributed by atoms with Gasteiger partial charge in [-0.2, -0.15) is 0 Å². The van der Waals surface area contributed by atoms with Gasteiger partial charge in [-0.1, -0.05) is 12.1 Å². The minimum atomic E-state index is 0.138. The monoisotopic (exact) mass is 289 g/mol. The summed E-state index contributed by atoms with van der Waals surface area (Å²) in [6, 6.07) is 9.00. The third-order valence-corrected chi connectivity index (χ3v) is 5.48. The number of hydrogen-bond donors (Lipinski definition) is 1. The van der Waals surface area contributed by atoms with E-state index >= 15 is 0 Å². The molecule has 2 saturated heterocycles. The van der Waals surface area contributed by atoms with Crippen LogP contribution in [-0.2, 0) is 6.54 Å². The normalized spacial score (nSPS) is 29.0. The van der Waals surface area contributed by atoms with Crippen LogP contribution in [0.25, 0.3) is 0 Å². The highest BCUT2D eigenvalue weighted by atomic mass is 16.5. The van der Waals surface area contributed by atoms with Crippen molar-refractivity contribution in [3.05, 3.63) is 29.8 Å². The molecule has 2 heterocycles. The minimum absolute atomic E-state index is 0.138. The van der Waals surface area contributed by atoms with Gasteiger partial charge in [0.25, 0.3) is 0 Å². The van der Waals surface area contributed by atoms with Crippen molar-refractivity contribution in [1.29, 1.82) is 0 Å². The van der Waals surface area contributed by atoms with Gasteiger partial charge in [0.1, 0.15) is 5.75 Å². The fourth-order valence-electron chi connectivity index (χ4n) is 4.25. The lowest BCUT2D eigenvalue weighted by atomic mass is 9.86. The third kappa shape index (κ3) is 2.56. The van der Waals surface area contributed by atoms with Crippen LogP contribution in [0.4, 0.5) is 0 Å². The van der Waals surface area contributed by atoms with Crippen molar-refractivity contribution in [2.45, 2.75) is 37.4 Å². The largest absolute Gasteiger partial charge is 0.497 e. The fourth-order valence-corrected chi connectivity index (χ4v) is 4.25. The summed E-state index contributed by atoms with van der Waals surface area (Å²) >= 11 is 0. The molecule has 4 heteroatoms. The molecule has 0 saturated carbocycles. The zero-order chi connectivity index (χ0) is 14.9. The number of ether oxygens (including phenoxy) is 1. The van der Waals surface area contributed by atoms with E-state index in [2.05, 4.69) is 35.0 Å². The number of rotatable bonds is 5. The predicted molar refractivity (Wildman–Crippen MR) is 85.5 cm³/mol. The first-order valence-electron chi connectivity index (χ1n) is 7.98. The van der Waals surface area contributed by atoms with E-state index in [-0.39, 0.29) is 5.54 Å². The van der Waals surface area contributed by atoms with E-state index in [1.807, 2.05) is 6.07 Å². The SMILES string of the molecule is COc1cccc(CN(C)C2(CN)CCN3CCCC32)c1. The Bertz CT molecular complexity index is 493. The van der Waals surface area contributed by atoms with Crippen molar-refractivity contribution >= 4 is 0 Å². The topological polar surface area (TPSA) is 41.7 Å². The third-order valence-electron chi connectivity index (χ3n) is 5.48. The van der Waals surface area contributed by atoms with E-state index in [9.17, 15) is 0 Å². The van der Waals surface area contributed by atoms with Crippen LogP contribution in [0.3, 0.4) is 0 Å². The van der Waals surface area contributed by atoms with E-state index in [4.69, 9.17) is 10.5 Å². The van der Waals surface area contributed by atoms with Crippen molar-refractivity contribution in [2.75, 3.05) is 33.8 Å². The molecule has 3 rings (SSSR count). The van der Waals surface area contributed by atoms with Crippen LogP contribution < -0.4 is 10.5 Å². The molecule has 0 spiro atoms. The molecule has 21 heavy (non-hydrogen) atoms. The fraction of sp³-hybridized carbons (Fsp3) is 0.647. The highest BCUT2D eigenvalue weighted by Crippen LogP contribution is 2.39. The van der Waals surface area contributed by atoms with Crippen molar-refractivity contribution in [3.8, 4) is 5.75 Å². The molecule has 2 aliphatic heterocycles. The van der Waals surface area contributed by atoms with Gasteiger partial charge in [-0.25, -0.2) is 0 Å². The van der Waals surface area contributed by atoms with Gasteiger partial charge in [0.2, 0.25) is 0 Å². The highest BCUT2D eigenvalue weighted by Gasteiger charge is 2.50. The Morgan fingerprint density at radius 2 is 2.29 bits per heavy atom. The zero-order valence-electron chi connectivity index (χ0n) is 13.2. The number of likely N-dealkylation sites (N-methyl/N-ethyl adjacent to an activating group) is 1. The van der Waals surface area contributed by atoms with Crippen LogP contribution in [0.2, 0.25) is 0 Å². The van der Waals surface area contributed by atoms with E-state index < -0.39 is 0 Å². The molecule has 2 unspecified atom stereocenters. The van der Waals surface area contributed by atoms with Gasteiger partial charge in [-0.05, 0) is 50.6 Å². The molecular weight excluding hydrogens is 262 g/mol. The Kier molecular flexibility index (Phi) is 4.20. The molecule has 2 atom stereocenters. The van der Waals surface area contributed by atoms with Crippen molar-refractivity contribution < 1.29 is 4.74 Å². The molecule has 2 aliphatic rings. The summed E-state index contributed by atoms with van der Waals surface area (Å²) in [5.74, 6) is 0.927. The van der Waals surface area contributed by atoms with E-state index in [1.165, 1.54) is 37.9 Å². The molecule has 2 fully saturated rings. The molecule has 0 aromatic heterocycles. The average Bonchev–Trinajstić information content (AvgIpc) is 3.09. The smallest absolute Gasteiger partial charge is 0.119 e. The molecule has 1 aromatic carbocycles. The van der Waals surface area contributed by atoms with Gasteiger partial charge < -0.3 is 10.5 Å². The van der Waals surface area contributed by atoms with Crippen LogP contribution in [-0.4, -0.2) is 55.2 Å². The first-order chi connectivity index (χ1) is 10.2. The van der Waals surface area contributed by atoms with Gasteiger partial charge in [0.15, 0.2) is 0 Å². The van der Waals surface area contributed by atoms with Crippen LogP contribution in [0.5, 0.6) is 5.75 Å². The van der Waals surface area contributed by atoms with Crippen LogP contribution in [0.1, 0.15) is 24.8 Å². The number of nitrogens with zero attached hydrogens (tertiary/aromatic N) is 2. The quantitative estimate of drug-likeness (QED) is 0.896. The Morgan fingerprint density at radius 3 is 3.05 bits per heavy atom. The first-order valence-corrected chi connectivity index (χ1v) is 7.98. The molecular formula is C17H27N3O. The standard InChI is InChI=1S/C17H27N3O/c1-19(12-14-5-3-6-15(11-14)21-2)17(13-18)8-10-20-9-4-7-16(17)20/h3,5-6,11,16H,4,7-10,12-13,18H2,1-2H3. The van der Waals surface area contributed by atoms with Gasteiger partial charge in [0.05, 0.1) is 7.11 Å². The summed E-state index contributed by atoms with van der Waals surface area (Å²) in [6.07, 6.45) is 3.80. The van der Waals surface area contributed by atoms with Gasteiger partial charge in [-0.15, -0.1) is 0 Å². The van der Waals surface area contributed by atoms with Crippen molar-refractivity contribution in [3.63, 3.8) is 0 Å². The maximum Gasteiger partial charge on any atom is 0.119 e. The van der Waals surface area contributed by atoms with Gasteiger partial charge in [-0.3, -0.25) is 9.80 Å². The highest BCUT2D eigenvalue weighted by molar-refractivity contribution is 5.28. The molecule has 0 bridgehead atoms. The molecule has 4 nitrogen and oxygen atoms in total. The van der Waals surface area contributed by atoms with E-state index in [0.717, 1.165) is 18.8 Å². The molecule has 0 aliphatic carbocycles. The maximum absolute atomic E-state index is 6.24. The Morgan fingerprint density at radius 1 is 1.43 bits per heavy atom. The second-order valence-corrected chi connectivity index (χ2v) is 6.46. The molecule has 116 valence electrons. The summed E-state index contributed by atoms with van der Waals surface area (Å²) in [4.78, 5) is 5.12. The predicted octanol–water partition coefficient (Wildman–Crippen LogP) is 1.69. The zero-order valence-corrected chi connectivity index (χ0v) is 13.2. The number of hydrogen-bond acceptors (Lipinski definition) is 4. The summed E-state index contributed by atoms with van der Waals surface area (Å²) in [5.41, 5.74) is 7.67. The number of nitrogens with two attached hydrogens (primary N) is 1. The number of benzene rings is 1. The molecule has 2 N–H and O–H groups in total. The summed E-state index contributed by atoms with van der Waals surface area (Å²) in [5, 5.41) is 0. The molecule has 1 aromatic rings. The van der Waals surface area contributed by atoms with E-state index in [0.29, 0.717) is 6.04 Å². The first kappa shape index (κ1) is 14.8. The van der Waals surface area contributed by atoms with E-state index in [1.54, 1.807) is 7.11 Å². The second-order valence-electron chi connectivity index (χ2n) is 6.46. The number of fused-ring (bicyclic) bond motifs is 1. The summed E-state index contributed by atoms with van der Waals surface area (Å²) < 4.78 is 5.33. The van der Waals surface area contributed by atoms with Crippen LogP contribution in [0, 0.1) is 0 Å². The molecule has 0 amide bonds. The lowest BCUT2D eigenvalue weighted by molar-refractivity contribution is 0.0841. The average molecular weight is 289 g/mol. The maximum atomic E-state index is 6.24. The van der Waals surface area contributed by atoms with Crippen LogP contribution >= 0.6 is 0 Å². The lowest BCUT2D eigenvalue weighted by Crippen LogP contribution is -2.58. The van der Waals surface area contributed by atoms with Gasteiger partial charge >= 0.3 is 0 Å². The summed E-state index contributed by atoms with van der Waals surface area (Å²) in [7, 11) is 3.95. The Hall–Kier alpha value is -1.10. The summed E-state index contributed by atoms with van der Waals surface area (Å²) in [6.45, 7) is 4.12.